The van der Waals surface area contributed by atoms with Crippen LogP contribution in [0.3, 0.4) is 0 Å². The summed E-state index contributed by atoms with van der Waals surface area (Å²) in [6.45, 7) is 2.28. The minimum atomic E-state index is -3.01. The van der Waals surface area contributed by atoms with Crippen molar-refractivity contribution in [1.82, 2.24) is 14.9 Å². The number of hydrogen-bond donors (Lipinski definition) is 0. The van der Waals surface area contributed by atoms with E-state index in [2.05, 4.69) is 9.97 Å². The van der Waals surface area contributed by atoms with Gasteiger partial charge in [-0.15, -0.1) is 0 Å². The number of carbonyl (C=O) groups excluding carboxylic acids is 1. The van der Waals surface area contributed by atoms with Gasteiger partial charge in [-0.1, -0.05) is 30.3 Å². The molecule has 0 radical (unpaired) electrons. The van der Waals surface area contributed by atoms with Gasteiger partial charge in [-0.2, -0.15) is 0 Å². The molecule has 1 aromatic heterocycles. The van der Waals surface area contributed by atoms with Crippen molar-refractivity contribution in [2.24, 2.45) is 0 Å². The first kappa shape index (κ1) is 19.3. The third kappa shape index (κ3) is 4.63. The van der Waals surface area contributed by atoms with Gasteiger partial charge in [-0.25, -0.2) is 18.4 Å². The fourth-order valence-electron chi connectivity index (χ4n) is 3.19. The summed E-state index contributed by atoms with van der Waals surface area (Å²) >= 11 is 0. The van der Waals surface area contributed by atoms with Crippen molar-refractivity contribution in [3.05, 3.63) is 53.3 Å². The van der Waals surface area contributed by atoms with Crippen LogP contribution in [0.25, 0.3) is 0 Å². The van der Waals surface area contributed by atoms with Crippen molar-refractivity contribution >= 4 is 21.7 Å². The maximum atomic E-state index is 12.8. The molecule has 27 heavy (non-hydrogen) atoms. The molecule has 0 aliphatic carbocycles. The van der Waals surface area contributed by atoms with E-state index >= 15 is 0 Å². The van der Waals surface area contributed by atoms with Crippen molar-refractivity contribution in [3.8, 4) is 0 Å². The lowest BCUT2D eigenvalue weighted by Crippen LogP contribution is -2.35. The number of aryl methyl sites for hydroxylation is 1. The van der Waals surface area contributed by atoms with Gasteiger partial charge in [0, 0.05) is 32.4 Å². The van der Waals surface area contributed by atoms with E-state index in [1.54, 1.807) is 36.9 Å². The highest BCUT2D eigenvalue weighted by atomic mass is 32.2. The van der Waals surface area contributed by atoms with E-state index < -0.39 is 9.84 Å². The van der Waals surface area contributed by atoms with Crippen LogP contribution in [0.15, 0.2) is 36.4 Å². The van der Waals surface area contributed by atoms with Gasteiger partial charge in [0.1, 0.15) is 5.69 Å². The molecule has 0 bridgehead atoms. The molecule has 7 nitrogen and oxygen atoms in total. The fourth-order valence-corrected chi connectivity index (χ4v) is 4.96. The molecule has 0 N–H and O–H groups in total. The third-order valence-electron chi connectivity index (χ3n) is 4.74. The van der Waals surface area contributed by atoms with Crippen LogP contribution < -0.4 is 4.90 Å². The Kier molecular flexibility index (Phi) is 5.46. The van der Waals surface area contributed by atoms with E-state index in [0.717, 1.165) is 5.56 Å². The molecule has 1 saturated heterocycles. The van der Waals surface area contributed by atoms with Gasteiger partial charge in [0.25, 0.3) is 5.91 Å². The van der Waals surface area contributed by atoms with Gasteiger partial charge in [-0.05, 0) is 25.0 Å². The van der Waals surface area contributed by atoms with Gasteiger partial charge in [0.05, 0.1) is 11.5 Å². The summed E-state index contributed by atoms with van der Waals surface area (Å²) in [6, 6.07) is 11.2. The highest BCUT2D eigenvalue weighted by molar-refractivity contribution is 7.91. The largest absolute Gasteiger partial charge is 0.340 e. The van der Waals surface area contributed by atoms with Crippen molar-refractivity contribution < 1.29 is 13.2 Å². The number of rotatable bonds is 5. The Morgan fingerprint density at radius 1 is 1.19 bits per heavy atom. The molecular weight excluding hydrogens is 364 g/mol. The standard InChI is InChI=1S/C19H24N4O3S/c1-14-11-17(18(24)22(2)12-15-7-5-4-6-8-15)21-19(20-14)23(3)16-9-10-27(25,26)13-16/h4-8,11,16H,9-10,12-13H2,1-3H3. The van der Waals surface area contributed by atoms with Crippen LogP contribution in [0.5, 0.6) is 0 Å². The summed E-state index contributed by atoms with van der Waals surface area (Å²) < 4.78 is 23.5. The van der Waals surface area contributed by atoms with E-state index in [9.17, 15) is 13.2 Å². The Morgan fingerprint density at radius 3 is 2.52 bits per heavy atom. The summed E-state index contributed by atoms with van der Waals surface area (Å²) in [4.78, 5) is 25.0. The molecule has 2 aromatic rings. The highest BCUT2D eigenvalue weighted by Gasteiger charge is 2.32. The molecule has 8 heteroatoms. The lowest BCUT2D eigenvalue weighted by Gasteiger charge is -2.24. The lowest BCUT2D eigenvalue weighted by molar-refractivity contribution is 0.0779. The van der Waals surface area contributed by atoms with Crippen LogP contribution >= 0.6 is 0 Å². The minimum absolute atomic E-state index is 0.0952. The van der Waals surface area contributed by atoms with Crippen LogP contribution in [-0.4, -0.2) is 60.8 Å². The molecule has 0 saturated carbocycles. The topological polar surface area (TPSA) is 83.5 Å². The van der Waals surface area contributed by atoms with E-state index in [1.807, 2.05) is 30.3 Å². The molecule has 1 unspecified atom stereocenters. The molecule has 1 aliphatic rings. The molecule has 1 amide bonds. The molecule has 144 valence electrons. The fraction of sp³-hybridized carbons (Fsp3) is 0.421. The Morgan fingerprint density at radius 2 is 1.89 bits per heavy atom. The number of aromatic nitrogens is 2. The first-order valence-corrected chi connectivity index (χ1v) is 10.7. The molecule has 1 fully saturated rings. The number of nitrogens with zero attached hydrogens (tertiary/aromatic N) is 4. The minimum Gasteiger partial charge on any atom is -0.340 e. The van der Waals surface area contributed by atoms with Crippen molar-refractivity contribution in [2.45, 2.75) is 25.9 Å². The van der Waals surface area contributed by atoms with Gasteiger partial charge in [0.15, 0.2) is 9.84 Å². The van der Waals surface area contributed by atoms with Crippen molar-refractivity contribution in [3.63, 3.8) is 0 Å². The smallest absolute Gasteiger partial charge is 0.272 e. The number of carbonyl (C=O) groups is 1. The maximum Gasteiger partial charge on any atom is 0.272 e. The summed E-state index contributed by atoms with van der Waals surface area (Å²) in [5.41, 5.74) is 2.01. The van der Waals surface area contributed by atoms with Crippen LogP contribution in [0.1, 0.15) is 28.2 Å². The van der Waals surface area contributed by atoms with E-state index in [4.69, 9.17) is 0 Å². The first-order valence-electron chi connectivity index (χ1n) is 8.83. The number of amides is 1. The predicted octanol–water partition coefficient (Wildman–Crippen LogP) is 1.68. The van der Waals surface area contributed by atoms with Crippen LogP contribution in [0.2, 0.25) is 0 Å². The predicted molar refractivity (Wildman–Crippen MR) is 104 cm³/mol. The Bertz CT molecular complexity index is 931. The summed E-state index contributed by atoms with van der Waals surface area (Å²) in [7, 11) is 0.510. The zero-order valence-corrected chi connectivity index (χ0v) is 16.6. The van der Waals surface area contributed by atoms with Gasteiger partial charge < -0.3 is 9.80 Å². The lowest BCUT2D eigenvalue weighted by atomic mass is 10.2. The molecular formula is C19H24N4O3S. The zero-order valence-electron chi connectivity index (χ0n) is 15.8. The van der Waals surface area contributed by atoms with Crippen LogP contribution in [-0.2, 0) is 16.4 Å². The highest BCUT2D eigenvalue weighted by Crippen LogP contribution is 2.21. The molecule has 0 spiro atoms. The van der Waals surface area contributed by atoms with Crippen LogP contribution in [0.4, 0.5) is 5.95 Å². The third-order valence-corrected chi connectivity index (χ3v) is 6.49. The Balaban J connectivity index is 1.79. The maximum absolute atomic E-state index is 12.8. The molecule has 2 heterocycles. The number of anilines is 1. The van der Waals surface area contributed by atoms with Crippen LogP contribution in [0, 0.1) is 6.92 Å². The Hall–Kier alpha value is -2.48. The second-order valence-corrected chi connectivity index (χ2v) is 9.24. The molecule has 1 aliphatic heterocycles. The van der Waals surface area contributed by atoms with Crippen molar-refractivity contribution in [2.75, 3.05) is 30.5 Å². The number of sulfone groups is 1. The van der Waals surface area contributed by atoms with Crippen molar-refractivity contribution in [1.29, 1.82) is 0 Å². The van der Waals surface area contributed by atoms with Gasteiger partial charge in [-0.3, -0.25) is 4.79 Å². The summed E-state index contributed by atoms with van der Waals surface area (Å²) in [5, 5.41) is 0. The van der Waals surface area contributed by atoms with Gasteiger partial charge in [0.2, 0.25) is 5.95 Å². The molecule has 3 rings (SSSR count). The second kappa shape index (κ2) is 7.64. The molecule has 1 atom stereocenters. The first-order chi connectivity index (χ1) is 12.7. The average Bonchev–Trinajstić information content (AvgIpc) is 3.00. The average molecular weight is 388 g/mol. The number of benzene rings is 1. The van der Waals surface area contributed by atoms with E-state index in [1.165, 1.54) is 0 Å². The summed E-state index contributed by atoms with van der Waals surface area (Å²) in [6.07, 6.45) is 0.549. The zero-order chi connectivity index (χ0) is 19.6. The molecule has 1 aromatic carbocycles. The SMILES string of the molecule is Cc1cc(C(=O)N(C)Cc2ccccc2)nc(N(C)C2CCS(=O)(=O)C2)n1. The van der Waals surface area contributed by atoms with E-state index in [-0.39, 0.29) is 23.5 Å². The Labute approximate surface area is 160 Å². The normalized spacial score (nSPS) is 18.3. The quantitative estimate of drug-likeness (QED) is 0.775. The van der Waals surface area contributed by atoms with Gasteiger partial charge >= 0.3 is 0 Å². The monoisotopic (exact) mass is 388 g/mol. The second-order valence-electron chi connectivity index (χ2n) is 7.01. The van der Waals surface area contributed by atoms with E-state index in [0.29, 0.717) is 30.3 Å². The number of hydrogen-bond acceptors (Lipinski definition) is 6. The summed E-state index contributed by atoms with van der Waals surface area (Å²) in [5.74, 6) is 0.462.